The Morgan fingerprint density at radius 2 is 2.12 bits per heavy atom. The van der Waals surface area contributed by atoms with Gasteiger partial charge in [0.15, 0.2) is 6.61 Å². The fourth-order valence-corrected chi connectivity index (χ4v) is 4.06. The molecule has 0 radical (unpaired) electrons. The number of ether oxygens (including phenoxy) is 2. The molecule has 1 N–H and O–H groups in total. The molecule has 0 aromatic heterocycles. The molecule has 1 heterocycles. The number of hydrogen-bond acceptors (Lipinski definition) is 5. The fraction of sp³-hybridized carbons (Fsp3) is 0.600. The van der Waals surface area contributed by atoms with E-state index in [1.54, 1.807) is 19.2 Å². The number of likely N-dealkylation sites (tertiary alicyclic amines) is 1. The zero-order valence-corrected chi connectivity index (χ0v) is 15.3. The number of carbonyl (C=O) groups is 1. The highest BCUT2D eigenvalue weighted by Crippen LogP contribution is 2.28. The summed E-state index contributed by atoms with van der Waals surface area (Å²) in [4.78, 5) is 15.0. The number of nitrogens with zero attached hydrogens (tertiary/aromatic N) is 2. The van der Waals surface area contributed by atoms with Gasteiger partial charge in [0.2, 0.25) is 5.91 Å². The number of methoxy groups -OCH3 is 1. The molecule has 2 fully saturated rings. The number of rotatable bonds is 7. The third-order valence-electron chi connectivity index (χ3n) is 5.40. The first-order valence-corrected chi connectivity index (χ1v) is 9.34. The molecule has 1 saturated carbocycles. The second-order valence-electron chi connectivity index (χ2n) is 7.08. The van der Waals surface area contributed by atoms with Crippen molar-refractivity contribution in [1.82, 2.24) is 10.2 Å². The van der Waals surface area contributed by atoms with Crippen molar-refractivity contribution < 1.29 is 14.3 Å². The van der Waals surface area contributed by atoms with Crippen molar-refractivity contribution in [3.8, 4) is 11.8 Å². The highest BCUT2D eigenvalue weighted by Gasteiger charge is 2.36. The second-order valence-corrected chi connectivity index (χ2v) is 7.08. The normalized spacial score (nSPS) is 25.8. The Morgan fingerprint density at radius 1 is 1.31 bits per heavy atom. The Labute approximate surface area is 155 Å². The summed E-state index contributed by atoms with van der Waals surface area (Å²) in [6.07, 6.45) is 5.12. The van der Waals surface area contributed by atoms with E-state index in [-0.39, 0.29) is 18.6 Å². The average Bonchev–Trinajstić information content (AvgIpc) is 3.30. The summed E-state index contributed by atoms with van der Waals surface area (Å²) >= 11 is 0. The van der Waals surface area contributed by atoms with Crippen LogP contribution in [0.5, 0.6) is 5.75 Å². The summed E-state index contributed by atoms with van der Waals surface area (Å²) in [6.45, 7) is 2.06. The molecule has 0 spiro atoms. The van der Waals surface area contributed by atoms with Gasteiger partial charge in [0.05, 0.1) is 12.5 Å². The van der Waals surface area contributed by atoms with Crippen molar-refractivity contribution in [2.75, 3.05) is 26.8 Å². The molecule has 0 bridgehead atoms. The molecule has 1 unspecified atom stereocenters. The standard InChI is InChI=1S/C20H27N3O3/c1-25-17-9-11-23(14-17)19-4-2-3-18(19)22-20(24)13-15-5-7-16(8-6-15)26-12-10-21/h5-8,17-19H,2-4,9,11-14H2,1H3,(H,22,24)/t17?,18-,19+/m1/s1. The number of nitriles is 1. The summed E-state index contributed by atoms with van der Waals surface area (Å²) in [5.41, 5.74) is 0.946. The van der Waals surface area contributed by atoms with Gasteiger partial charge in [-0.25, -0.2) is 0 Å². The van der Waals surface area contributed by atoms with Crippen molar-refractivity contribution in [2.24, 2.45) is 0 Å². The van der Waals surface area contributed by atoms with Crippen LogP contribution in [0.15, 0.2) is 24.3 Å². The molecule has 3 rings (SSSR count). The molecule has 1 aromatic rings. The van der Waals surface area contributed by atoms with Crippen LogP contribution in [0.3, 0.4) is 0 Å². The van der Waals surface area contributed by atoms with Crippen LogP contribution in [-0.4, -0.2) is 55.8 Å². The van der Waals surface area contributed by atoms with Gasteiger partial charge in [-0.15, -0.1) is 0 Å². The molecule has 140 valence electrons. The quantitative estimate of drug-likeness (QED) is 0.807. The van der Waals surface area contributed by atoms with Gasteiger partial charge in [-0.05, 0) is 43.4 Å². The lowest BCUT2D eigenvalue weighted by molar-refractivity contribution is -0.121. The maximum Gasteiger partial charge on any atom is 0.224 e. The molecule has 6 heteroatoms. The maximum absolute atomic E-state index is 12.5. The molecule has 1 amide bonds. The topological polar surface area (TPSA) is 74.6 Å². The molecule has 1 aliphatic heterocycles. The van der Waals surface area contributed by atoms with E-state index in [9.17, 15) is 4.79 Å². The van der Waals surface area contributed by atoms with E-state index in [1.165, 1.54) is 0 Å². The lowest BCUT2D eigenvalue weighted by atomic mass is 10.1. The number of nitrogens with one attached hydrogen (secondary N) is 1. The predicted molar refractivity (Wildman–Crippen MR) is 97.8 cm³/mol. The van der Waals surface area contributed by atoms with Crippen LogP contribution in [0.4, 0.5) is 0 Å². The number of benzene rings is 1. The van der Waals surface area contributed by atoms with E-state index >= 15 is 0 Å². The lowest BCUT2D eigenvalue weighted by Gasteiger charge is -2.30. The number of hydrogen-bond donors (Lipinski definition) is 1. The fourth-order valence-electron chi connectivity index (χ4n) is 4.06. The molecule has 2 aliphatic rings. The van der Waals surface area contributed by atoms with Gasteiger partial charge in [-0.3, -0.25) is 9.69 Å². The third kappa shape index (κ3) is 4.75. The Balaban J connectivity index is 1.50. The zero-order valence-electron chi connectivity index (χ0n) is 15.3. The van der Waals surface area contributed by atoms with Crippen LogP contribution in [0, 0.1) is 11.3 Å². The Bertz CT molecular complexity index is 641. The predicted octanol–water partition coefficient (Wildman–Crippen LogP) is 1.89. The summed E-state index contributed by atoms with van der Waals surface area (Å²) in [5, 5.41) is 11.8. The average molecular weight is 357 g/mol. The molecule has 1 aromatic carbocycles. The minimum Gasteiger partial charge on any atom is -0.479 e. The van der Waals surface area contributed by atoms with Gasteiger partial charge in [-0.1, -0.05) is 12.1 Å². The maximum atomic E-state index is 12.5. The molecule has 26 heavy (non-hydrogen) atoms. The molecule has 3 atom stereocenters. The first-order chi connectivity index (χ1) is 12.7. The molecular formula is C20H27N3O3. The van der Waals surface area contributed by atoms with Crippen LogP contribution >= 0.6 is 0 Å². The molecule has 6 nitrogen and oxygen atoms in total. The largest absolute Gasteiger partial charge is 0.479 e. The van der Waals surface area contributed by atoms with Crippen molar-refractivity contribution in [2.45, 2.75) is 50.3 Å². The van der Waals surface area contributed by atoms with Crippen molar-refractivity contribution >= 4 is 5.91 Å². The van der Waals surface area contributed by atoms with E-state index in [1.807, 2.05) is 18.2 Å². The summed E-state index contributed by atoms with van der Waals surface area (Å²) in [6, 6.07) is 9.96. The first kappa shape index (κ1) is 18.7. The third-order valence-corrected chi connectivity index (χ3v) is 5.40. The van der Waals surface area contributed by atoms with Crippen LogP contribution in [0.2, 0.25) is 0 Å². The smallest absolute Gasteiger partial charge is 0.224 e. The highest BCUT2D eigenvalue weighted by atomic mass is 16.5. The molecule has 1 aliphatic carbocycles. The van der Waals surface area contributed by atoms with Gasteiger partial charge in [0.1, 0.15) is 11.8 Å². The molecular weight excluding hydrogens is 330 g/mol. The minimum atomic E-state index is 0.0311. The van der Waals surface area contributed by atoms with Crippen LogP contribution < -0.4 is 10.1 Å². The minimum absolute atomic E-state index is 0.0311. The molecule has 1 saturated heterocycles. The Morgan fingerprint density at radius 3 is 2.81 bits per heavy atom. The first-order valence-electron chi connectivity index (χ1n) is 9.34. The monoisotopic (exact) mass is 357 g/mol. The SMILES string of the molecule is COC1CCN([C@H]2CCC[C@H]2NC(=O)Cc2ccc(OCC#N)cc2)C1. The lowest BCUT2D eigenvalue weighted by Crippen LogP contribution is -2.48. The zero-order chi connectivity index (χ0) is 18.4. The van der Waals surface area contributed by atoms with E-state index in [0.717, 1.165) is 44.3 Å². The summed E-state index contributed by atoms with van der Waals surface area (Å²) in [5.74, 6) is 0.711. The van der Waals surface area contributed by atoms with Crippen molar-refractivity contribution in [3.05, 3.63) is 29.8 Å². The summed E-state index contributed by atoms with van der Waals surface area (Å²) in [7, 11) is 1.78. The van der Waals surface area contributed by atoms with Gasteiger partial charge < -0.3 is 14.8 Å². The Kier molecular flexibility index (Phi) is 6.48. The van der Waals surface area contributed by atoms with Crippen molar-refractivity contribution in [3.63, 3.8) is 0 Å². The van der Waals surface area contributed by atoms with Gasteiger partial charge in [-0.2, -0.15) is 5.26 Å². The van der Waals surface area contributed by atoms with E-state index in [2.05, 4.69) is 10.2 Å². The van der Waals surface area contributed by atoms with Crippen LogP contribution in [0.1, 0.15) is 31.2 Å². The van der Waals surface area contributed by atoms with E-state index < -0.39 is 0 Å². The van der Waals surface area contributed by atoms with Crippen LogP contribution in [0.25, 0.3) is 0 Å². The number of carbonyl (C=O) groups excluding carboxylic acids is 1. The van der Waals surface area contributed by atoms with Gasteiger partial charge >= 0.3 is 0 Å². The van der Waals surface area contributed by atoms with Gasteiger partial charge in [0.25, 0.3) is 0 Å². The number of amides is 1. The van der Waals surface area contributed by atoms with Crippen molar-refractivity contribution in [1.29, 1.82) is 5.26 Å². The summed E-state index contributed by atoms with van der Waals surface area (Å²) < 4.78 is 10.7. The highest BCUT2D eigenvalue weighted by molar-refractivity contribution is 5.79. The van der Waals surface area contributed by atoms with Gasteiger partial charge in [0, 0.05) is 32.3 Å². The van der Waals surface area contributed by atoms with E-state index in [4.69, 9.17) is 14.7 Å². The van der Waals surface area contributed by atoms with E-state index in [0.29, 0.717) is 24.3 Å². The second kappa shape index (κ2) is 9.02. The Hall–Kier alpha value is -2.10. The van der Waals surface area contributed by atoms with Crippen LogP contribution in [-0.2, 0) is 16.0 Å².